The van der Waals surface area contributed by atoms with Crippen LogP contribution in [0.5, 0.6) is 0 Å². The maximum atomic E-state index is 11.8. The zero-order chi connectivity index (χ0) is 11.4. The molecule has 0 aliphatic heterocycles. The fourth-order valence-corrected chi connectivity index (χ4v) is 1.15. The molecule has 1 rings (SSSR count). The molecule has 1 amide bonds. The van der Waals surface area contributed by atoms with Gasteiger partial charge in [-0.2, -0.15) is 5.10 Å². The molecule has 0 saturated carbocycles. The van der Waals surface area contributed by atoms with Crippen LogP contribution in [-0.4, -0.2) is 47.9 Å². The topological polar surface area (TPSA) is 73.4 Å². The van der Waals surface area contributed by atoms with Gasteiger partial charge in [0.1, 0.15) is 11.4 Å². The van der Waals surface area contributed by atoms with Crippen molar-refractivity contribution in [3.8, 4) is 0 Å². The summed E-state index contributed by atoms with van der Waals surface area (Å²) in [5.74, 6) is 0.238. The highest BCUT2D eigenvalue weighted by Crippen LogP contribution is 2.11. The molecule has 0 saturated heterocycles. The van der Waals surface area contributed by atoms with E-state index >= 15 is 0 Å². The van der Waals surface area contributed by atoms with Crippen molar-refractivity contribution >= 4 is 11.7 Å². The van der Waals surface area contributed by atoms with E-state index in [1.807, 2.05) is 0 Å². The van der Waals surface area contributed by atoms with E-state index in [2.05, 4.69) is 5.10 Å². The summed E-state index contributed by atoms with van der Waals surface area (Å²) in [6.45, 7) is 1.03. The number of carbonyl (C=O) groups is 1. The van der Waals surface area contributed by atoms with Gasteiger partial charge in [-0.05, 0) is 0 Å². The fourth-order valence-electron chi connectivity index (χ4n) is 1.15. The van der Waals surface area contributed by atoms with Crippen molar-refractivity contribution in [2.75, 3.05) is 33.0 Å². The molecule has 0 fully saturated rings. The minimum atomic E-state index is -0.141. The zero-order valence-electron chi connectivity index (χ0n) is 9.23. The largest absolute Gasteiger partial charge is 0.383 e. The summed E-state index contributed by atoms with van der Waals surface area (Å²) < 4.78 is 6.36. The minimum Gasteiger partial charge on any atom is -0.383 e. The molecule has 15 heavy (non-hydrogen) atoms. The van der Waals surface area contributed by atoms with Crippen LogP contribution in [0.2, 0.25) is 0 Å². The van der Waals surface area contributed by atoms with Gasteiger partial charge in [0.05, 0.1) is 12.8 Å². The molecule has 1 heterocycles. The van der Waals surface area contributed by atoms with Crippen molar-refractivity contribution in [3.05, 3.63) is 11.8 Å². The Bertz CT molecular complexity index is 348. The van der Waals surface area contributed by atoms with Crippen molar-refractivity contribution in [1.82, 2.24) is 14.7 Å². The Hall–Kier alpha value is -1.56. The molecule has 0 spiro atoms. The Kier molecular flexibility index (Phi) is 3.68. The molecular formula is C9H16N4O2. The molecule has 0 atom stereocenters. The Morgan fingerprint density at radius 1 is 1.73 bits per heavy atom. The van der Waals surface area contributed by atoms with Crippen LogP contribution in [-0.2, 0) is 11.8 Å². The lowest BCUT2D eigenvalue weighted by Crippen LogP contribution is -2.30. The van der Waals surface area contributed by atoms with Gasteiger partial charge in [0.2, 0.25) is 0 Å². The number of methoxy groups -OCH3 is 1. The maximum absolute atomic E-state index is 11.8. The first kappa shape index (κ1) is 11.5. The number of nitrogen functional groups attached to an aromatic ring is 1. The van der Waals surface area contributed by atoms with E-state index in [0.29, 0.717) is 24.5 Å². The van der Waals surface area contributed by atoms with Gasteiger partial charge in [-0.25, -0.2) is 0 Å². The quantitative estimate of drug-likeness (QED) is 0.745. The summed E-state index contributed by atoms with van der Waals surface area (Å²) in [6, 6.07) is 0. The lowest BCUT2D eigenvalue weighted by atomic mass is 10.3. The molecule has 84 valence electrons. The van der Waals surface area contributed by atoms with Crippen LogP contribution >= 0.6 is 0 Å². The number of nitrogens with zero attached hydrogens (tertiary/aromatic N) is 3. The van der Waals surface area contributed by atoms with Gasteiger partial charge in [-0.1, -0.05) is 0 Å². The van der Waals surface area contributed by atoms with E-state index in [1.165, 1.54) is 10.9 Å². The molecule has 0 bridgehead atoms. The number of aryl methyl sites for hydroxylation is 1. The lowest BCUT2D eigenvalue weighted by molar-refractivity contribution is 0.0745. The van der Waals surface area contributed by atoms with Crippen molar-refractivity contribution in [2.24, 2.45) is 7.05 Å². The highest BCUT2D eigenvalue weighted by Gasteiger charge is 2.17. The number of hydrogen-bond donors (Lipinski definition) is 1. The Labute approximate surface area is 88.6 Å². The van der Waals surface area contributed by atoms with Gasteiger partial charge in [-0.3, -0.25) is 9.48 Å². The van der Waals surface area contributed by atoms with Gasteiger partial charge in [-0.15, -0.1) is 0 Å². The molecule has 0 unspecified atom stereocenters. The van der Waals surface area contributed by atoms with Gasteiger partial charge in [0, 0.05) is 27.7 Å². The van der Waals surface area contributed by atoms with Crippen LogP contribution in [0.1, 0.15) is 10.4 Å². The summed E-state index contributed by atoms with van der Waals surface area (Å²) >= 11 is 0. The number of carbonyl (C=O) groups excluding carboxylic acids is 1. The van der Waals surface area contributed by atoms with Crippen molar-refractivity contribution in [2.45, 2.75) is 0 Å². The smallest absolute Gasteiger partial charge is 0.259 e. The SMILES string of the molecule is COCCN(C)C(=O)c1cnn(C)c1N. The lowest BCUT2D eigenvalue weighted by Gasteiger charge is -2.15. The number of aromatic nitrogens is 2. The van der Waals surface area contributed by atoms with Crippen LogP contribution in [0.4, 0.5) is 5.82 Å². The van der Waals surface area contributed by atoms with Gasteiger partial charge >= 0.3 is 0 Å². The zero-order valence-corrected chi connectivity index (χ0v) is 9.23. The third-order valence-corrected chi connectivity index (χ3v) is 2.19. The van der Waals surface area contributed by atoms with Crippen LogP contribution in [0.3, 0.4) is 0 Å². The normalized spacial score (nSPS) is 10.3. The summed E-state index contributed by atoms with van der Waals surface area (Å²) in [6.07, 6.45) is 1.47. The van der Waals surface area contributed by atoms with Crippen molar-refractivity contribution in [1.29, 1.82) is 0 Å². The number of hydrogen-bond acceptors (Lipinski definition) is 4. The molecule has 0 radical (unpaired) electrons. The molecule has 6 heteroatoms. The van der Waals surface area contributed by atoms with E-state index in [4.69, 9.17) is 10.5 Å². The number of nitrogens with two attached hydrogens (primary N) is 1. The van der Waals surface area contributed by atoms with Crippen LogP contribution < -0.4 is 5.73 Å². The number of likely N-dealkylation sites (N-methyl/N-ethyl adjacent to an activating group) is 1. The van der Waals surface area contributed by atoms with E-state index < -0.39 is 0 Å². The summed E-state index contributed by atoms with van der Waals surface area (Å²) in [5.41, 5.74) is 6.12. The Morgan fingerprint density at radius 3 is 2.87 bits per heavy atom. The van der Waals surface area contributed by atoms with Crippen molar-refractivity contribution < 1.29 is 9.53 Å². The number of anilines is 1. The molecule has 0 aliphatic rings. The highest BCUT2D eigenvalue weighted by atomic mass is 16.5. The van der Waals surface area contributed by atoms with Gasteiger partial charge in [0.15, 0.2) is 0 Å². The molecule has 6 nitrogen and oxygen atoms in total. The molecule has 0 aliphatic carbocycles. The van der Waals surface area contributed by atoms with Crippen molar-refractivity contribution in [3.63, 3.8) is 0 Å². The predicted octanol–water partition coefficient (Wildman–Crippen LogP) is -0.279. The first-order chi connectivity index (χ1) is 7.07. The monoisotopic (exact) mass is 212 g/mol. The first-order valence-electron chi connectivity index (χ1n) is 4.59. The van der Waals surface area contributed by atoms with Gasteiger partial charge in [0.25, 0.3) is 5.91 Å². The Balaban J connectivity index is 2.72. The molecular weight excluding hydrogens is 196 g/mol. The second-order valence-electron chi connectivity index (χ2n) is 3.29. The second-order valence-corrected chi connectivity index (χ2v) is 3.29. The van der Waals surface area contributed by atoms with Crippen LogP contribution in [0.15, 0.2) is 6.20 Å². The highest BCUT2D eigenvalue weighted by molar-refractivity contribution is 5.98. The molecule has 0 aromatic carbocycles. The van der Waals surface area contributed by atoms with Gasteiger partial charge < -0.3 is 15.4 Å². The molecule has 2 N–H and O–H groups in total. The Morgan fingerprint density at radius 2 is 2.40 bits per heavy atom. The number of ether oxygens (including phenoxy) is 1. The average molecular weight is 212 g/mol. The van der Waals surface area contributed by atoms with E-state index in [-0.39, 0.29) is 5.91 Å². The summed E-state index contributed by atoms with van der Waals surface area (Å²) in [7, 11) is 4.99. The van der Waals surface area contributed by atoms with E-state index in [9.17, 15) is 4.79 Å². The number of rotatable bonds is 4. The van der Waals surface area contributed by atoms with E-state index in [0.717, 1.165) is 0 Å². The van der Waals surface area contributed by atoms with Crippen LogP contribution in [0.25, 0.3) is 0 Å². The second kappa shape index (κ2) is 4.79. The predicted molar refractivity (Wildman–Crippen MR) is 56.5 cm³/mol. The van der Waals surface area contributed by atoms with Crippen LogP contribution in [0, 0.1) is 0 Å². The summed E-state index contributed by atoms with van der Waals surface area (Å²) in [5, 5.41) is 3.91. The standard InChI is InChI=1S/C9H16N4O2/c1-12(4-5-15-3)9(14)7-6-11-13(2)8(7)10/h6H,4-5,10H2,1-3H3. The summed E-state index contributed by atoms with van der Waals surface area (Å²) in [4.78, 5) is 13.4. The molecule has 1 aromatic rings. The van der Waals surface area contributed by atoms with E-state index in [1.54, 1.807) is 26.1 Å². The minimum absolute atomic E-state index is 0.141. The third kappa shape index (κ3) is 2.47. The first-order valence-corrected chi connectivity index (χ1v) is 4.59. The maximum Gasteiger partial charge on any atom is 0.259 e. The molecule has 1 aromatic heterocycles. The fraction of sp³-hybridized carbons (Fsp3) is 0.556. The number of amides is 1. The average Bonchev–Trinajstić information content (AvgIpc) is 2.55. The third-order valence-electron chi connectivity index (χ3n) is 2.19.